The van der Waals surface area contributed by atoms with Gasteiger partial charge < -0.3 is 9.47 Å². The highest BCUT2D eigenvalue weighted by Crippen LogP contribution is 2.42. The highest BCUT2D eigenvalue weighted by atomic mass is 35.5. The van der Waals surface area contributed by atoms with Gasteiger partial charge in [-0.25, -0.2) is 0 Å². The van der Waals surface area contributed by atoms with E-state index >= 15 is 0 Å². The number of hydrogen-bond acceptors (Lipinski definition) is 5. The lowest BCUT2D eigenvalue weighted by molar-refractivity contribution is -0.142. The van der Waals surface area contributed by atoms with E-state index in [4.69, 9.17) is 21.1 Å². The molecular formula is C17H16ClNO5. The Labute approximate surface area is 144 Å². The first-order valence-electron chi connectivity index (χ1n) is 7.56. The standard InChI is InChI=1S/C17H16ClNO5/c1-10(20)23-14-15(22)17(2,11-5-3-6-12(18)9-11)24-16(14)19-8-4-7-13(19)21/h3,5-6,9H,4,7-8H2,1-2H3. The fourth-order valence-corrected chi connectivity index (χ4v) is 3.04. The number of carbonyl (C=O) groups excluding carboxylic acids is 3. The molecule has 2 aliphatic rings. The number of amides is 1. The van der Waals surface area contributed by atoms with Crippen LogP contribution in [0.5, 0.6) is 0 Å². The fraction of sp³-hybridized carbons (Fsp3) is 0.353. The van der Waals surface area contributed by atoms with Gasteiger partial charge >= 0.3 is 5.97 Å². The number of hydrogen-bond donors (Lipinski definition) is 0. The molecule has 24 heavy (non-hydrogen) atoms. The van der Waals surface area contributed by atoms with Crippen molar-refractivity contribution in [3.63, 3.8) is 0 Å². The maximum atomic E-state index is 12.9. The number of ether oxygens (including phenoxy) is 2. The van der Waals surface area contributed by atoms with Gasteiger partial charge in [0.25, 0.3) is 5.78 Å². The Morgan fingerprint density at radius 3 is 2.71 bits per heavy atom. The van der Waals surface area contributed by atoms with Crippen LogP contribution in [0, 0.1) is 0 Å². The minimum absolute atomic E-state index is 0.000163. The maximum Gasteiger partial charge on any atom is 0.308 e. The maximum absolute atomic E-state index is 12.9. The number of ketones is 1. The van der Waals surface area contributed by atoms with E-state index < -0.39 is 17.4 Å². The van der Waals surface area contributed by atoms with E-state index in [-0.39, 0.29) is 17.5 Å². The van der Waals surface area contributed by atoms with Crippen molar-refractivity contribution in [3.05, 3.63) is 46.5 Å². The summed E-state index contributed by atoms with van der Waals surface area (Å²) in [7, 11) is 0. The molecule has 7 heteroatoms. The average molecular weight is 350 g/mol. The molecule has 1 unspecified atom stereocenters. The van der Waals surface area contributed by atoms with Crippen LogP contribution in [0.2, 0.25) is 5.02 Å². The Morgan fingerprint density at radius 1 is 1.38 bits per heavy atom. The molecule has 1 amide bonds. The van der Waals surface area contributed by atoms with Crippen molar-refractivity contribution in [2.45, 2.75) is 32.3 Å². The van der Waals surface area contributed by atoms with Crippen molar-refractivity contribution in [2.24, 2.45) is 0 Å². The zero-order valence-electron chi connectivity index (χ0n) is 13.3. The van der Waals surface area contributed by atoms with Crippen molar-refractivity contribution < 1.29 is 23.9 Å². The van der Waals surface area contributed by atoms with Crippen LogP contribution in [0.25, 0.3) is 0 Å². The monoisotopic (exact) mass is 349 g/mol. The lowest BCUT2D eigenvalue weighted by atomic mass is 9.92. The van der Waals surface area contributed by atoms with E-state index in [0.717, 1.165) is 0 Å². The van der Waals surface area contributed by atoms with Gasteiger partial charge in [0, 0.05) is 30.5 Å². The Balaban J connectivity index is 2.05. The second-order valence-electron chi connectivity index (χ2n) is 5.85. The van der Waals surface area contributed by atoms with Crippen molar-refractivity contribution in [1.29, 1.82) is 0 Å². The molecule has 2 heterocycles. The Hall–Kier alpha value is -2.34. The largest absolute Gasteiger partial charge is 0.456 e. The lowest BCUT2D eigenvalue weighted by Gasteiger charge is -2.26. The number of Topliss-reactive ketones (excluding diaryl/α,β-unsaturated/α-hetero) is 1. The van der Waals surface area contributed by atoms with E-state index in [2.05, 4.69) is 0 Å². The van der Waals surface area contributed by atoms with E-state index in [0.29, 0.717) is 30.0 Å². The Kier molecular flexibility index (Phi) is 4.09. The molecule has 2 aliphatic heterocycles. The first kappa shape index (κ1) is 16.5. The van der Waals surface area contributed by atoms with Crippen molar-refractivity contribution in [2.75, 3.05) is 6.54 Å². The molecule has 3 rings (SSSR count). The first-order chi connectivity index (χ1) is 11.3. The highest BCUT2D eigenvalue weighted by molar-refractivity contribution is 6.30. The summed E-state index contributed by atoms with van der Waals surface area (Å²) in [6, 6.07) is 6.69. The number of benzene rings is 1. The predicted octanol–water partition coefficient (Wildman–Crippen LogP) is 2.51. The third-order valence-electron chi connectivity index (χ3n) is 4.07. The Morgan fingerprint density at radius 2 is 2.12 bits per heavy atom. The van der Waals surface area contributed by atoms with Crippen LogP contribution in [-0.2, 0) is 29.5 Å². The molecule has 1 fully saturated rings. The van der Waals surface area contributed by atoms with Crippen LogP contribution in [0.15, 0.2) is 35.9 Å². The summed E-state index contributed by atoms with van der Waals surface area (Å²) >= 11 is 6.01. The molecule has 0 N–H and O–H groups in total. The zero-order chi connectivity index (χ0) is 17.5. The second-order valence-corrected chi connectivity index (χ2v) is 6.29. The summed E-state index contributed by atoms with van der Waals surface area (Å²) in [5.74, 6) is -1.57. The van der Waals surface area contributed by atoms with Crippen molar-refractivity contribution >= 4 is 29.3 Å². The molecule has 1 saturated heterocycles. The smallest absolute Gasteiger partial charge is 0.308 e. The summed E-state index contributed by atoms with van der Waals surface area (Å²) < 4.78 is 11.0. The fourth-order valence-electron chi connectivity index (χ4n) is 2.85. The van der Waals surface area contributed by atoms with Crippen LogP contribution in [0.3, 0.4) is 0 Å². The second kappa shape index (κ2) is 5.94. The van der Waals surface area contributed by atoms with Crippen LogP contribution < -0.4 is 0 Å². The van der Waals surface area contributed by atoms with Gasteiger partial charge in [-0.1, -0.05) is 23.7 Å². The van der Waals surface area contributed by atoms with E-state index in [1.807, 2.05) is 0 Å². The van der Waals surface area contributed by atoms with Gasteiger partial charge in [0.15, 0.2) is 5.60 Å². The number of nitrogens with zero attached hydrogens (tertiary/aromatic N) is 1. The first-order valence-corrected chi connectivity index (χ1v) is 7.93. The molecule has 6 nitrogen and oxygen atoms in total. The van der Waals surface area contributed by atoms with Crippen molar-refractivity contribution in [3.8, 4) is 0 Å². The summed E-state index contributed by atoms with van der Waals surface area (Å²) in [5, 5.41) is 0.449. The highest BCUT2D eigenvalue weighted by Gasteiger charge is 2.52. The Bertz CT molecular complexity index is 772. The number of rotatable bonds is 3. The van der Waals surface area contributed by atoms with Gasteiger partial charge in [-0.15, -0.1) is 0 Å². The van der Waals surface area contributed by atoms with E-state index in [1.54, 1.807) is 31.2 Å². The lowest BCUT2D eigenvalue weighted by Crippen LogP contribution is -2.32. The molecule has 0 bridgehead atoms. The average Bonchev–Trinajstić information content (AvgIpc) is 3.04. The number of likely N-dealkylation sites (tertiary alicyclic amines) is 1. The van der Waals surface area contributed by atoms with Crippen LogP contribution >= 0.6 is 11.6 Å². The summed E-state index contributed by atoms with van der Waals surface area (Å²) in [4.78, 5) is 37.7. The summed E-state index contributed by atoms with van der Waals surface area (Å²) in [6.07, 6.45) is 1.02. The molecule has 1 aromatic carbocycles. The molecule has 1 atom stereocenters. The minimum Gasteiger partial charge on any atom is -0.456 e. The van der Waals surface area contributed by atoms with Crippen LogP contribution in [-0.4, -0.2) is 29.1 Å². The summed E-state index contributed by atoms with van der Waals surface area (Å²) in [5.41, 5.74) is -0.889. The SMILES string of the molecule is CC(=O)OC1=C(N2CCCC2=O)OC(C)(c2cccc(Cl)c2)C1=O. The molecule has 0 aliphatic carbocycles. The van der Waals surface area contributed by atoms with E-state index in [1.165, 1.54) is 11.8 Å². The van der Waals surface area contributed by atoms with Crippen LogP contribution in [0.4, 0.5) is 0 Å². The molecule has 0 aromatic heterocycles. The van der Waals surface area contributed by atoms with Crippen molar-refractivity contribution in [1.82, 2.24) is 4.90 Å². The molecule has 0 radical (unpaired) electrons. The molecule has 1 aromatic rings. The predicted molar refractivity (Wildman–Crippen MR) is 84.6 cm³/mol. The molecule has 0 saturated carbocycles. The van der Waals surface area contributed by atoms with Crippen LogP contribution in [0.1, 0.15) is 32.3 Å². The van der Waals surface area contributed by atoms with Gasteiger partial charge in [0.05, 0.1) is 0 Å². The normalized spacial score (nSPS) is 23.7. The molecule has 126 valence electrons. The quantitative estimate of drug-likeness (QED) is 0.784. The molecule has 0 spiro atoms. The van der Waals surface area contributed by atoms with Gasteiger partial charge in [0.2, 0.25) is 17.5 Å². The number of esters is 1. The topological polar surface area (TPSA) is 72.9 Å². The third kappa shape index (κ3) is 2.67. The zero-order valence-corrected chi connectivity index (χ0v) is 14.1. The minimum atomic E-state index is -1.41. The van der Waals surface area contributed by atoms with Gasteiger partial charge in [-0.05, 0) is 25.5 Å². The van der Waals surface area contributed by atoms with Gasteiger partial charge in [-0.3, -0.25) is 19.3 Å². The van der Waals surface area contributed by atoms with Gasteiger partial charge in [0.1, 0.15) is 0 Å². The summed E-state index contributed by atoms with van der Waals surface area (Å²) in [6.45, 7) is 3.18. The number of carbonyl (C=O) groups is 3. The van der Waals surface area contributed by atoms with E-state index in [9.17, 15) is 14.4 Å². The third-order valence-corrected chi connectivity index (χ3v) is 4.31. The molecular weight excluding hydrogens is 334 g/mol. The van der Waals surface area contributed by atoms with Gasteiger partial charge in [-0.2, -0.15) is 0 Å². The number of halogens is 1.